The number of hydrogen-bond acceptors (Lipinski definition) is 0. The number of hydrogen-bond donors (Lipinski definition) is 0. The normalized spacial score (nSPS) is 10.9. The van der Waals surface area contributed by atoms with Crippen LogP contribution >= 0.6 is 0 Å². The maximum absolute atomic E-state index is 7.10. The van der Waals surface area contributed by atoms with Gasteiger partial charge in [-0.05, 0) is 12.0 Å². The molecule has 0 fully saturated rings. The Hall–Kier alpha value is -1.75. The first kappa shape index (κ1) is 9.79. The molecule has 0 N–H and O–H groups in total. The third-order valence-electron chi connectivity index (χ3n) is 2.80. The smallest absolute Gasteiger partial charge is 0.231 e. The Bertz CT molecular complexity index is 541. The fourth-order valence-electron chi connectivity index (χ4n) is 2.01. The molecule has 0 aliphatic heterocycles. The fourth-order valence-corrected chi connectivity index (χ4v) is 2.01. The molecule has 15 heavy (non-hydrogen) atoms. The fraction of sp³-hybridized carbons (Fsp3) is 0.308. The molecule has 0 atom stereocenters. The van der Waals surface area contributed by atoms with E-state index in [1.165, 1.54) is 11.1 Å². The van der Waals surface area contributed by atoms with Crippen molar-refractivity contribution < 1.29 is 0 Å². The van der Waals surface area contributed by atoms with Crippen LogP contribution < -0.4 is 0 Å². The molecule has 0 radical (unpaired) electrons. The van der Waals surface area contributed by atoms with E-state index in [4.69, 9.17) is 6.57 Å². The molecule has 0 spiro atoms. The minimum absolute atomic E-state index is 0.487. The van der Waals surface area contributed by atoms with Gasteiger partial charge in [0.15, 0.2) is 0 Å². The van der Waals surface area contributed by atoms with E-state index in [0.29, 0.717) is 11.7 Å². The van der Waals surface area contributed by atoms with Gasteiger partial charge in [-0.25, -0.2) is 0 Å². The molecular formula is C13H14N2. The Balaban J connectivity index is 2.86. The summed E-state index contributed by atoms with van der Waals surface area (Å²) < 4.78 is 1.98. The van der Waals surface area contributed by atoms with Gasteiger partial charge in [0.25, 0.3) is 0 Å². The van der Waals surface area contributed by atoms with E-state index in [-0.39, 0.29) is 0 Å². The summed E-state index contributed by atoms with van der Waals surface area (Å²) in [6, 6.07) is 8.22. The average Bonchev–Trinajstić information content (AvgIpc) is 2.55. The Labute approximate surface area is 90.0 Å². The van der Waals surface area contributed by atoms with Gasteiger partial charge in [-0.2, -0.15) is 0 Å². The summed E-state index contributed by atoms with van der Waals surface area (Å²) in [5.74, 6) is 1.19. The molecule has 2 rings (SSSR count). The summed E-state index contributed by atoms with van der Waals surface area (Å²) >= 11 is 0. The largest absolute Gasteiger partial charge is 0.364 e. The summed E-state index contributed by atoms with van der Waals surface area (Å²) in [5, 5.41) is 1.16. The first-order valence-electron chi connectivity index (χ1n) is 5.11. The maximum atomic E-state index is 7.10. The highest BCUT2D eigenvalue weighted by atomic mass is 15.0. The molecule has 2 heteroatoms. The number of aryl methyl sites for hydroxylation is 1. The summed E-state index contributed by atoms with van der Waals surface area (Å²) in [5.41, 5.74) is 2.50. The van der Waals surface area contributed by atoms with Crippen molar-refractivity contribution in [1.29, 1.82) is 0 Å². The molecule has 0 saturated carbocycles. The van der Waals surface area contributed by atoms with Crippen molar-refractivity contribution in [1.82, 2.24) is 4.57 Å². The minimum Gasteiger partial charge on any atom is -0.364 e. The van der Waals surface area contributed by atoms with Gasteiger partial charge in [0.05, 0.1) is 7.05 Å². The van der Waals surface area contributed by atoms with Gasteiger partial charge in [0.2, 0.25) is 5.82 Å². The maximum Gasteiger partial charge on any atom is 0.231 e. The molecule has 2 aromatic rings. The van der Waals surface area contributed by atoms with Crippen LogP contribution in [-0.2, 0) is 7.05 Å². The summed E-state index contributed by atoms with van der Waals surface area (Å²) in [4.78, 5) is 3.52. The molecule has 1 aromatic heterocycles. The standard InChI is InChI=1S/C13H14N2/c1-9(2)11-7-5-6-10-8-12(14-3)15(4)13(10)11/h5-9H,1-2,4H3. The van der Waals surface area contributed by atoms with E-state index in [0.717, 1.165) is 5.39 Å². The van der Waals surface area contributed by atoms with Gasteiger partial charge in [0, 0.05) is 10.9 Å². The number of fused-ring (bicyclic) bond motifs is 1. The zero-order chi connectivity index (χ0) is 11.0. The topological polar surface area (TPSA) is 9.29 Å². The van der Waals surface area contributed by atoms with Crippen LogP contribution in [0.1, 0.15) is 25.3 Å². The van der Waals surface area contributed by atoms with Crippen molar-refractivity contribution in [3.05, 3.63) is 41.2 Å². The van der Waals surface area contributed by atoms with E-state index in [9.17, 15) is 0 Å². The van der Waals surface area contributed by atoms with Crippen LogP contribution in [0.3, 0.4) is 0 Å². The van der Waals surface area contributed by atoms with Crippen LogP contribution in [-0.4, -0.2) is 4.57 Å². The lowest BCUT2D eigenvalue weighted by molar-refractivity contribution is 0.859. The second-order valence-corrected chi connectivity index (χ2v) is 4.11. The molecule has 76 valence electrons. The van der Waals surface area contributed by atoms with Crippen LogP contribution in [0.2, 0.25) is 0 Å². The lowest BCUT2D eigenvalue weighted by atomic mass is 10.0. The lowest BCUT2D eigenvalue weighted by Crippen LogP contribution is -1.94. The van der Waals surface area contributed by atoms with Crippen LogP contribution in [0.15, 0.2) is 24.3 Å². The van der Waals surface area contributed by atoms with Gasteiger partial charge in [-0.1, -0.05) is 38.6 Å². The molecule has 0 aliphatic rings. The molecule has 1 aromatic carbocycles. The summed E-state index contributed by atoms with van der Waals surface area (Å²) in [7, 11) is 1.96. The third kappa shape index (κ3) is 1.41. The highest BCUT2D eigenvalue weighted by Crippen LogP contribution is 2.30. The monoisotopic (exact) mass is 198 g/mol. The molecule has 0 unspecified atom stereocenters. The van der Waals surface area contributed by atoms with Crippen molar-refractivity contribution in [2.45, 2.75) is 19.8 Å². The first-order valence-corrected chi connectivity index (χ1v) is 5.11. The number of rotatable bonds is 1. The molecule has 2 nitrogen and oxygen atoms in total. The van der Waals surface area contributed by atoms with Crippen molar-refractivity contribution in [2.75, 3.05) is 0 Å². The minimum atomic E-state index is 0.487. The Morgan fingerprint density at radius 3 is 2.67 bits per heavy atom. The van der Waals surface area contributed by atoms with Crippen LogP contribution in [0.25, 0.3) is 15.7 Å². The highest BCUT2D eigenvalue weighted by Gasteiger charge is 2.12. The average molecular weight is 198 g/mol. The second-order valence-electron chi connectivity index (χ2n) is 4.11. The van der Waals surface area contributed by atoms with Crippen LogP contribution in [0.4, 0.5) is 5.82 Å². The summed E-state index contributed by atoms with van der Waals surface area (Å²) in [6.07, 6.45) is 0. The van der Waals surface area contributed by atoms with Gasteiger partial charge < -0.3 is 4.85 Å². The van der Waals surface area contributed by atoms with Crippen LogP contribution in [0, 0.1) is 6.57 Å². The number of nitrogens with zero attached hydrogens (tertiary/aromatic N) is 2. The number of benzene rings is 1. The molecule has 0 amide bonds. The zero-order valence-electron chi connectivity index (χ0n) is 9.28. The summed E-state index contributed by atoms with van der Waals surface area (Å²) in [6.45, 7) is 11.5. The van der Waals surface area contributed by atoms with E-state index in [1.807, 2.05) is 17.7 Å². The van der Waals surface area contributed by atoms with Gasteiger partial charge in [0.1, 0.15) is 5.52 Å². The van der Waals surface area contributed by atoms with E-state index in [1.54, 1.807) is 0 Å². The molecular weight excluding hydrogens is 184 g/mol. The predicted molar refractivity (Wildman–Crippen MR) is 63.3 cm³/mol. The van der Waals surface area contributed by atoms with E-state index < -0.39 is 0 Å². The van der Waals surface area contributed by atoms with Gasteiger partial charge in [-0.15, -0.1) is 0 Å². The van der Waals surface area contributed by atoms with Crippen LogP contribution in [0.5, 0.6) is 0 Å². The number of aromatic nitrogens is 1. The van der Waals surface area contributed by atoms with Gasteiger partial charge in [-0.3, -0.25) is 4.57 Å². The Kier molecular flexibility index (Phi) is 2.24. The molecule has 0 bridgehead atoms. The predicted octanol–water partition coefficient (Wildman–Crippen LogP) is 3.85. The lowest BCUT2D eigenvalue weighted by Gasteiger charge is -2.07. The third-order valence-corrected chi connectivity index (χ3v) is 2.80. The quantitative estimate of drug-likeness (QED) is 0.616. The van der Waals surface area contributed by atoms with E-state index in [2.05, 4.69) is 36.9 Å². The molecule has 1 heterocycles. The highest BCUT2D eigenvalue weighted by molar-refractivity contribution is 5.88. The van der Waals surface area contributed by atoms with E-state index >= 15 is 0 Å². The van der Waals surface area contributed by atoms with Crippen molar-refractivity contribution in [3.63, 3.8) is 0 Å². The molecule has 0 saturated heterocycles. The Morgan fingerprint density at radius 1 is 1.33 bits per heavy atom. The van der Waals surface area contributed by atoms with Gasteiger partial charge >= 0.3 is 0 Å². The zero-order valence-corrected chi connectivity index (χ0v) is 9.28. The van der Waals surface area contributed by atoms with Crippen molar-refractivity contribution >= 4 is 16.7 Å². The number of para-hydroxylation sites is 1. The van der Waals surface area contributed by atoms with Crippen molar-refractivity contribution in [2.24, 2.45) is 7.05 Å². The SMILES string of the molecule is [C-]#[N+]c1cc2cccc(C(C)C)c2n1C. The first-order chi connectivity index (χ1) is 7.15. The second kappa shape index (κ2) is 3.43. The molecule has 0 aliphatic carbocycles. The van der Waals surface area contributed by atoms with Crippen molar-refractivity contribution in [3.8, 4) is 0 Å². The Morgan fingerprint density at radius 2 is 2.07 bits per heavy atom.